The molecule has 0 N–H and O–H groups in total. The van der Waals surface area contributed by atoms with Gasteiger partial charge >= 0.3 is 0 Å². The van der Waals surface area contributed by atoms with Crippen molar-refractivity contribution in [2.24, 2.45) is 0 Å². The van der Waals surface area contributed by atoms with E-state index >= 15 is 0 Å². The molecule has 0 aliphatic carbocycles. The lowest BCUT2D eigenvalue weighted by atomic mass is 10.0. The Labute approximate surface area is 173 Å². The van der Waals surface area contributed by atoms with Gasteiger partial charge in [0, 0.05) is 18.7 Å². The van der Waals surface area contributed by atoms with Crippen LogP contribution in [0.15, 0.2) is 42.5 Å². The molecule has 1 aliphatic rings. The highest BCUT2D eigenvalue weighted by atomic mass is 16.5. The standard InChI is InChI=1S/C23H30N2O4/c1-24(15-17-7-5-8-18(13-17)27-2)16-23(26)25-12-6-9-21(25)20-14-19(28-3)10-11-22(20)29-4/h5,7-8,10-11,13-14,21H,6,9,12,15-16H2,1-4H3. The molecule has 0 saturated carbocycles. The Morgan fingerprint density at radius 2 is 1.83 bits per heavy atom. The second kappa shape index (κ2) is 9.65. The van der Waals surface area contributed by atoms with Crippen molar-refractivity contribution in [1.29, 1.82) is 0 Å². The van der Waals surface area contributed by atoms with E-state index in [-0.39, 0.29) is 11.9 Å². The van der Waals surface area contributed by atoms with Crippen molar-refractivity contribution in [3.63, 3.8) is 0 Å². The van der Waals surface area contributed by atoms with Crippen LogP contribution in [0.2, 0.25) is 0 Å². The first-order valence-electron chi connectivity index (χ1n) is 9.88. The van der Waals surface area contributed by atoms with Gasteiger partial charge in [-0.2, -0.15) is 0 Å². The van der Waals surface area contributed by atoms with Crippen LogP contribution in [0.3, 0.4) is 0 Å². The van der Waals surface area contributed by atoms with E-state index in [0.717, 1.165) is 47.8 Å². The molecule has 0 radical (unpaired) electrons. The molecular formula is C23H30N2O4. The highest BCUT2D eigenvalue weighted by molar-refractivity contribution is 5.79. The smallest absolute Gasteiger partial charge is 0.237 e. The van der Waals surface area contributed by atoms with E-state index in [2.05, 4.69) is 0 Å². The number of ether oxygens (including phenoxy) is 3. The van der Waals surface area contributed by atoms with Gasteiger partial charge in [0.2, 0.25) is 5.91 Å². The molecule has 1 aliphatic heterocycles. The molecule has 1 unspecified atom stereocenters. The molecule has 1 fully saturated rings. The summed E-state index contributed by atoms with van der Waals surface area (Å²) >= 11 is 0. The lowest BCUT2D eigenvalue weighted by Crippen LogP contribution is -2.38. The van der Waals surface area contributed by atoms with E-state index in [1.807, 2.05) is 59.3 Å². The van der Waals surface area contributed by atoms with Crippen LogP contribution in [0.4, 0.5) is 0 Å². The summed E-state index contributed by atoms with van der Waals surface area (Å²) in [6.07, 6.45) is 1.91. The second-order valence-electron chi connectivity index (χ2n) is 7.38. The van der Waals surface area contributed by atoms with Crippen LogP contribution in [-0.4, -0.2) is 57.2 Å². The maximum Gasteiger partial charge on any atom is 0.237 e. The number of hydrogen-bond acceptors (Lipinski definition) is 5. The molecule has 2 aromatic rings. The number of benzene rings is 2. The van der Waals surface area contributed by atoms with Gasteiger partial charge in [-0.3, -0.25) is 9.69 Å². The Morgan fingerprint density at radius 3 is 2.55 bits per heavy atom. The van der Waals surface area contributed by atoms with Crippen molar-refractivity contribution in [3.8, 4) is 17.2 Å². The first-order chi connectivity index (χ1) is 14.0. The third-order valence-corrected chi connectivity index (χ3v) is 5.36. The predicted octanol–water partition coefficient (Wildman–Crippen LogP) is 3.51. The van der Waals surface area contributed by atoms with Gasteiger partial charge in [-0.05, 0) is 55.8 Å². The van der Waals surface area contributed by atoms with E-state index < -0.39 is 0 Å². The van der Waals surface area contributed by atoms with Crippen molar-refractivity contribution in [3.05, 3.63) is 53.6 Å². The zero-order valence-corrected chi connectivity index (χ0v) is 17.7. The van der Waals surface area contributed by atoms with Gasteiger partial charge < -0.3 is 19.1 Å². The van der Waals surface area contributed by atoms with Crippen LogP contribution in [0.1, 0.15) is 30.0 Å². The number of rotatable bonds is 8. The average Bonchev–Trinajstić information content (AvgIpc) is 3.23. The Kier molecular flexibility index (Phi) is 6.99. The number of methoxy groups -OCH3 is 3. The molecule has 2 aromatic carbocycles. The second-order valence-corrected chi connectivity index (χ2v) is 7.38. The Morgan fingerprint density at radius 1 is 1.07 bits per heavy atom. The van der Waals surface area contributed by atoms with Crippen molar-refractivity contribution >= 4 is 5.91 Å². The Hall–Kier alpha value is -2.73. The van der Waals surface area contributed by atoms with Crippen molar-refractivity contribution in [2.45, 2.75) is 25.4 Å². The van der Waals surface area contributed by atoms with Crippen LogP contribution in [0, 0.1) is 0 Å². The van der Waals surface area contributed by atoms with Crippen molar-refractivity contribution in [2.75, 3.05) is 41.5 Å². The first-order valence-corrected chi connectivity index (χ1v) is 9.88. The number of carbonyl (C=O) groups is 1. The fourth-order valence-electron chi connectivity index (χ4n) is 3.95. The third kappa shape index (κ3) is 5.01. The molecule has 1 atom stereocenters. The predicted molar refractivity (Wildman–Crippen MR) is 113 cm³/mol. The largest absolute Gasteiger partial charge is 0.497 e. The van der Waals surface area contributed by atoms with Gasteiger partial charge in [-0.1, -0.05) is 12.1 Å². The molecular weight excluding hydrogens is 368 g/mol. The molecule has 0 aromatic heterocycles. The molecule has 0 bridgehead atoms. The maximum absolute atomic E-state index is 13.1. The quantitative estimate of drug-likeness (QED) is 0.681. The van der Waals surface area contributed by atoms with Gasteiger partial charge in [0.1, 0.15) is 17.2 Å². The normalized spacial score (nSPS) is 16.2. The molecule has 29 heavy (non-hydrogen) atoms. The summed E-state index contributed by atoms with van der Waals surface area (Å²) in [5, 5.41) is 0. The minimum atomic E-state index is 0.0118. The fraction of sp³-hybridized carbons (Fsp3) is 0.435. The Balaban J connectivity index is 1.70. The molecule has 1 heterocycles. The lowest BCUT2D eigenvalue weighted by molar-refractivity contribution is -0.133. The van der Waals surface area contributed by atoms with Crippen LogP contribution in [0.25, 0.3) is 0 Å². The monoisotopic (exact) mass is 398 g/mol. The molecule has 1 amide bonds. The van der Waals surface area contributed by atoms with Crippen LogP contribution >= 0.6 is 0 Å². The lowest BCUT2D eigenvalue weighted by Gasteiger charge is -2.28. The zero-order chi connectivity index (χ0) is 20.8. The average molecular weight is 399 g/mol. The van der Waals surface area contributed by atoms with E-state index in [1.165, 1.54) is 0 Å². The Bertz CT molecular complexity index is 839. The minimum absolute atomic E-state index is 0.0118. The third-order valence-electron chi connectivity index (χ3n) is 5.36. The van der Waals surface area contributed by atoms with Crippen LogP contribution in [-0.2, 0) is 11.3 Å². The molecule has 0 spiro atoms. The van der Waals surface area contributed by atoms with Gasteiger partial charge in [0.05, 0.1) is 33.9 Å². The highest BCUT2D eigenvalue weighted by Gasteiger charge is 2.32. The summed E-state index contributed by atoms with van der Waals surface area (Å²) < 4.78 is 16.2. The van der Waals surface area contributed by atoms with Gasteiger partial charge in [-0.15, -0.1) is 0 Å². The van der Waals surface area contributed by atoms with Crippen LogP contribution in [0.5, 0.6) is 17.2 Å². The molecule has 3 rings (SSSR count). The number of hydrogen-bond donors (Lipinski definition) is 0. The first kappa shape index (κ1) is 21.0. The van der Waals surface area contributed by atoms with E-state index in [9.17, 15) is 4.79 Å². The summed E-state index contributed by atoms with van der Waals surface area (Å²) in [5.41, 5.74) is 2.13. The van der Waals surface area contributed by atoms with Crippen molar-refractivity contribution < 1.29 is 19.0 Å². The number of amides is 1. The van der Waals surface area contributed by atoms with Crippen molar-refractivity contribution in [1.82, 2.24) is 9.80 Å². The summed E-state index contributed by atoms with van der Waals surface area (Å²) in [4.78, 5) is 17.1. The van der Waals surface area contributed by atoms with E-state index in [0.29, 0.717) is 13.1 Å². The molecule has 156 valence electrons. The number of likely N-dealkylation sites (tertiary alicyclic amines) is 1. The summed E-state index contributed by atoms with van der Waals surface area (Å²) in [6, 6.07) is 13.7. The van der Waals surface area contributed by atoms with E-state index in [1.54, 1.807) is 21.3 Å². The van der Waals surface area contributed by atoms with E-state index in [4.69, 9.17) is 14.2 Å². The SMILES string of the molecule is COc1cccc(CN(C)CC(=O)N2CCCC2c2cc(OC)ccc2OC)c1. The fourth-order valence-corrected chi connectivity index (χ4v) is 3.95. The summed E-state index contributed by atoms with van der Waals surface area (Å²) in [7, 11) is 6.94. The number of likely N-dealkylation sites (N-methyl/N-ethyl adjacent to an activating group) is 1. The molecule has 6 nitrogen and oxygen atoms in total. The molecule has 6 heteroatoms. The van der Waals surface area contributed by atoms with Gasteiger partial charge in [0.25, 0.3) is 0 Å². The highest BCUT2D eigenvalue weighted by Crippen LogP contribution is 2.39. The maximum atomic E-state index is 13.1. The van der Waals surface area contributed by atoms with Gasteiger partial charge in [-0.25, -0.2) is 0 Å². The summed E-state index contributed by atoms with van der Waals surface area (Å²) in [6.45, 7) is 1.81. The number of carbonyl (C=O) groups excluding carboxylic acids is 1. The summed E-state index contributed by atoms with van der Waals surface area (Å²) in [5.74, 6) is 2.52. The van der Waals surface area contributed by atoms with Crippen LogP contribution < -0.4 is 14.2 Å². The molecule has 1 saturated heterocycles. The van der Waals surface area contributed by atoms with Gasteiger partial charge in [0.15, 0.2) is 0 Å². The number of nitrogens with zero attached hydrogens (tertiary/aromatic N) is 2. The minimum Gasteiger partial charge on any atom is -0.497 e. The zero-order valence-electron chi connectivity index (χ0n) is 17.7. The topological polar surface area (TPSA) is 51.2 Å².